The van der Waals surface area contributed by atoms with Crippen molar-refractivity contribution >= 4 is 33.6 Å². The molecule has 0 heterocycles. The predicted molar refractivity (Wildman–Crippen MR) is 78.6 cm³/mol. The molecule has 1 rings (SSSR count). The van der Waals surface area contributed by atoms with Crippen molar-refractivity contribution in [1.82, 2.24) is 5.32 Å². The van der Waals surface area contributed by atoms with Crippen molar-refractivity contribution in [1.29, 1.82) is 0 Å². The first-order valence-corrected chi connectivity index (χ1v) is 7.83. The summed E-state index contributed by atoms with van der Waals surface area (Å²) in [5.41, 5.74) is 0.338. The minimum absolute atomic E-state index is 0.0896. The molecule has 1 aromatic carbocycles. The van der Waals surface area contributed by atoms with Crippen LogP contribution >= 0.6 is 27.7 Å². The molecule has 0 aliphatic rings. The number of rotatable bonds is 6. The summed E-state index contributed by atoms with van der Waals surface area (Å²) in [6.07, 6.45) is 0.914. The molecule has 18 heavy (non-hydrogen) atoms. The maximum atomic E-state index is 13.3. The first kappa shape index (κ1) is 15.5. The number of benzene rings is 1. The molecular formula is C13H17BrFNOS. The van der Waals surface area contributed by atoms with Crippen molar-refractivity contribution in [3.05, 3.63) is 34.1 Å². The van der Waals surface area contributed by atoms with E-state index in [1.807, 2.05) is 18.7 Å². The van der Waals surface area contributed by atoms with Gasteiger partial charge in [-0.05, 0) is 52.9 Å². The standard InChI is InChI=1S/C13H17BrFNOS/c1-3-18-8-7-9(2)16-13(17)10-5-4-6-11(15)12(10)14/h4-6,9H,3,7-8H2,1-2H3,(H,16,17). The summed E-state index contributed by atoms with van der Waals surface area (Å²) < 4.78 is 13.5. The Bertz CT molecular complexity index is 414. The van der Waals surface area contributed by atoms with Crippen molar-refractivity contribution in [2.24, 2.45) is 0 Å². The molecule has 2 nitrogen and oxygen atoms in total. The van der Waals surface area contributed by atoms with Gasteiger partial charge >= 0.3 is 0 Å². The summed E-state index contributed by atoms with van der Waals surface area (Å²) >= 11 is 4.94. The topological polar surface area (TPSA) is 29.1 Å². The third-order valence-electron chi connectivity index (χ3n) is 2.47. The van der Waals surface area contributed by atoms with Crippen LogP contribution in [-0.2, 0) is 0 Å². The minimum Gasteiger partial charge on any atom is -0.350 e. The molecule has 1 N–H and O–H groups in total. The zero-order valence-electron chi connectivity index (χ0n) is 10.5. The fraction of sp³-hybridized carbons (Fsp3) is 0.462. The molecule has 0 fully saturated rings. The van der Waals surface area contributed by atoms with Gasteiger partial charge in [-0.1, -0.05) is 13.0 Å². The molecule has 0 spiro atoms. The number of nitrogens with one attached hydrogen (secondary N) is 1. The molecule has 1 atom stereocenters. The molecule has 0 bridgehead atoms. The first-order valence-electron chi connectivity index (χ1n) is 5.88. The molecule has 0 aromatic heterocycles. The molecule has 0 saturated carbocycles. The number of amides is 1. The molecule has 1 aromatic rings. The molecule has 0 saturated heterocycles. The highest BCUT2D eigenvalue weighted by atomic mass is 79.9. The monoisotopic (exact) mass is 333 g/mol. The highest BCUT2D eigenvalue weighted by Gasteiger charge is 2.14. The van der Waals surface area contributed by atoms with Gasteiger partial charge in [-0.2, -0.15) is 11.8 Å². The van der Waals surface area contributed by atoms with Crippen LogP contribution < -0.4 is 5.32 Å². The molecule has 1 amide bonds. The van der Waals surface area contributed by atoms with Crippen LogP contribution in [0.1, 0.15) is 30.6 Å². The Kier molecular flexibility index (Phi) is 6.71. The second-order valence-corrected chi connectivity index (χ2v) is 6.15. The van der Waals surface area contributed by atoms with Gasteiger partial charge in [0.05, 0.1) is 10.0 Å². The van der Waals surface area contributed by atoms with Crippen LogP contribution in [0.2, 0.25) is 0 Å². The molecule has 1 unspecified atom stereocenters. The Morgan fingerprint density at radius 3 is 2.94 bits per heavy atom. The number of hydrogen-bond donors (Lipinski definition) is 1. The highest BCUT2D eigenvalue weighted by molar-refractivity contribution is 9.10. The van der Waals surface area contributed by atoms with Crippen molar-refractivity contribution in [2.45, 2.75) is 26.3 Å². The van der Waals surface area contributed by atoms with Crippen LogP contribution in [0, 0.1) is 5.82 Å². The molecule has 5 heteroatoms. The summed E-state index contributed by atoms with van der Waals surface area (Å²) in [6.45, 7) is 4.07. The largest absolute Gasteiger partial charge is 0.350 e. The SMILES string of the molecule is CCSCCC(C)NC(=O)c1cccc(F)c1Br. The highest BCUT2D eigenvalue weighted by Crippen LogP contribution is 2.20. The second-order valence-electron chi connectivity index (χ2n) is 3.96. The molecule has 100 valence electrons. The molecule has 0 aliphatic heterocycles. The van der Waals surface area contributed by atoms with Gasteiger partial charge in [-0.3, -0.25) is 4.79 Å². The van der Waals surface area contributed by atoms with Crippen molar-refractivity contribution in [2.75, 3.05) is 11.5 Å². The van der Waals surface area contributed by atoms with E-state index in [-0.39, 0.29) is 16.4 Å². The number of carbonyl (C=O) groups excluding carboxylic acids is 1. The Morgan fingerprint density at radius 1 is 1.56 bits per heavy atom. The van der Waals surface area contributed by atoms with Crippen LogP contribution in [0.4, 0.5) is 4.39 Å². The van der Waals surface area contributed by atoms with Crippen LogP contribution in [0.5, 0.6) is 0 Å². The van der Waals surface area contributed by atoms with Crippen LogP contribution in [0.25, 0.3) is 0 Å². The third kappa shape index (κ3) is 4.61. The third-order valence-corrected chi connectivity index (χ3v) is 4.21. The van der Waals surface area contributed by atoms with E-state index in [0.29, 0.717) is 5.56 Å². The predicted octanol–water partition coefficient (Wildman–Crippen LogP) is 3.85. The Morgan fingerprint density at radius 2 is 2.28 bits per heavy atom. The van der Waals surface area contributed by atoms with E-state index in [4.69, 9.17) is 0 Å². The van der Waals surface area contributed by atoms with Gasteiger partial charge in [0.25, 0.3) is 5.91 Å². The number of hydrogen-bond acceptors (Lipinski definition) is 2. The van der Waals surface area contributed by atoms with Crippen molar-refractivity contribution in [3.63, 3.8) is 0 Å². The van der Waals surface area contributed by atoms with Crippen LogP contribution in [0.15, 0.2) is 22.7 Å². The van der Waals surface area contributed by atoms with Gasteiger partial charge < -0.3 is 5.32 Å². The number of halogens is 2. The van der Waals surface area contributed by atoms with Crippen LogP contribution in [0.3, 0.4) is 0 Å². The van der Waals surface area contributed by atoms with Gasteiger partial charge in [0.1, 0.15) is 5.82 Å². The van der Waals surface area contributed by atoms with Crippen molar-refractivity contribution in [3.8, 4) is 0 Å². The van der Waals surface area contributed by atoms with Crippen LogP contribution in [-0.4, -0.2) is 23.5 Å². The Hall–Kier alpha value is -0.550. The molecule has 0 radical (unpaired) electrons. The number of carbonyl (C=O) groups is 1. The minimum atomic E-state index is -0.420. The fourth-order valence-electron chi connectivity index (χ4n) is 1.46. The Labute approximate surface area is 120 Å². The average molecular weight is 334 g/mol. The lowest BCUT2D eigenvalue weighted by Crippen LogP contribution is -2.33. The summed E-state index contributed by atoms with van der Waals surface area (Å²) in [5, 5.41) is 2.87. The smallest absolute Gasteiger partial charge is 0.252 e. The molecular weight excluding hydrogens is 317 g/mol. The second kappa shape index (κ2) is 7.79. The lowest BCUT2D eigenvalue weighted by molar-refractivity contribution is 0.0938. The Balaban J connectivity index is 2.57. The zero-order valence-corrected chi connectivity index (χ0v) is 12.9. The van der Waals surface area contributed by atoms with Gasteiger partial charge in [0, 0.05) is 6.04 Å². The lowest BCUT2D eigenvalue weighted by atomic mass is 10.2. The fourth-order valence-corrected chi connectivity index (χ4v) is 2.71. The van der Waals surface area contributed by atoms with Gasteiger partial charge in [-0.15, -0.1) is 0 Å². The normalized spacial score (nSPS) is 12.2. The van der Waals surface area contributed by atoms with E-state index in [9.17, 15) is 9.18 Å². The quantitative estimate of drug-likeness (QED) is 0.801. The van der Waals surface area contributed by atoms with E-state index in [1.54, 1.807) is 6.07 Å². The summed E-state index contributed by atoms with van der Waals surface area (Å²) in [4.78, 5) is 11.9. The zero-order chi connectivity index (χ0) is 13.5. The lowest BCUT2D eigenvalue weighted by Gasteiger charge is -2.14. The van der Waals surface area contributed by atoms with Gasteiger partial charge in [0.15, 0.2) is 0 Å². The van der Waals surface area contributed by atoms with Crippen molar-refractivity contribution < 1.29 is 9.18 Å². The number of thioether (sulfide) groups is 1. The van der Waals surface area contributed by atoms with E-state index in [0.717, 1.165) is 17.9 Å². The maximum Gasteiger partial charge on any atom is 0.252 e. The van der Waals surface area contributed by atoms with Gasteiger partial charge in [-0.25, -0.2) is 4.39 Å². The van der Waals surface area contributed by atoms with E-state index >= 15 is 0 Å². The maximum absolute atomic E-state index is 13.3. The summed E-state index contributed by atoms with van der Waals surface area (Å²) in [7, 11) is 0. The summed E-state index contributed by atoms with van der Waals surface area (Å²) in [6, 6.07) is 4.55. The average Bonchev–Trinajstić information content (AvgIpc) is 2.32. The summed E-state index contributed by atoms with van der Waals surface area (Å²) in [5.74, 6) is 1.44. The molecule has 0 aliphatic carbocycles. The van der Waals surface area contributed by atoms with E-state index in [1.165, 1.54) is 12.1 Å². The van der Waals surface area contributed by atoms with Gasteiger partial charge in [0.2, 0.25) is 0 Å². The van der Waals surface area contributed by atoms with E-state index < -0.39 is 5.82 Å². The first-order chi connectivity index (χ1) is 8.56. The van der Waals surface area contributed by atoms with E-state index in [2.05, 4.69) is 28.2 Å².